The molecule has 0 spiro atoms. The number of piperazine rings is 1. The van der Waals surface area contributed by atoms with Gasteiger partial charge in [-0.2, -0.15) is 0 Å². The maximum absolute atomic E-state index is 12.5. The van der Waals surface area contributed by atoms with Gasteiger partial charge in [-0.15, -0.1) is 0 Å². The second kappa shape index (κ2) is 8.48. The summed E-state index contributed by atoms with van der Waals surface area (Å²) in [5.41, 5.74) is 0. The molecule has 2 heterocycles. The van der Waals surface area contributed by atoms with Crippen LogP contribution in [-0.2, 0) is 9.59 Å². The van der Waals surface area contributed by atoms with Crippen LogP contribution in [-0.4, -0.2) is 85.4 Å². The van der Waals surface area contributed by atoms with E-state index in [1.54, 1.807) is 0 Å². The van der Waals surface area contributed by atoms with Crippen LogP contribution in [0, 0.1) is 5.92 Å². The highest BCUT2D eigenvalue weighted by molar-refractivity contribution is 5.79. The molecular weight excluding hydrogens is 280 g/mol. The average Bonchev–Trinajstić information content (AvgIpc) is 2.79. The van der Waals surface area contributed by atoms with Crippen LogP contribution >= 0.6 is 0 Å². The molecular formula is C16H30N4O2. The van der Waals surface area contributed by atoms with Gasteiger partial charge in [-0.3, -0.25) is 9.59 Å². The van der Waals surface area contributed by atoms with Gasteiger partial charge in [0.25, 0.3) is 0 Å². The summed E-state index contributed by atoms with van der Waals surface area (Å²) >= 11 is 0. The van der Waals surface area contributed by atoms with E-state index in [9.17, 15) is 9.59 Å². The van der Waals surface area contributed by atoms with Crippen LogP contribution in [0.5, 0.6) is 0 Å². The monoisotopic (exact) mass is 310 g/mol. The summed E-state index contributed by atoms with van der Waals surface area (Å²) in [5.74, 6) is 0.547. The van der Waals surface area contributed by atoms with Crippen molar-refractivity contribution >= 4 is 11.8 Å². The lowest BCUT2D eigenvalue weighted by Gasteiger charge is -2.31. The fourth-order valence-electron chi connectivity index (χ4n) is 3.29. The van der Waals surface area contributed by atoms with E-state index in [1.165, 1.54) is 0 Å². The highest BCUT2D eigenvalue weighted by atomic mass is 16.2. The minimum atomic E-state index is 0.0338. The Labute approximate surface area is 133 Å². The Bertz CT molecular complexity index is 382. The first kappa shape index (κ1) is 17.2. The number of carbonyl (C=O) groups is 2. The van der Waals surface area contributed by atoms with Crippen molar-refractivity contribution in [1.82, 2.24) is 20.0 Å². The first-order chi connectivity index (χ1) is 10.6. The molecule has 126 valence electrons. The Morgan fingerprint density at radius 3 is 2.41 bits per heavy atom. The molecule has 0 radical (unpaired) electrons. The number of carbonyl (C=O) groups excluding carboxylic acids is 2. The van der Waals surface area contributed by atoms with Crippen molar-refractivity contribution in [1.29, 1.82) is 0 Å². The van der Waals surface area contributed by atoms with Gasteiger partial charge in [0.05, 0.1) is 0 Å². The minimum absolute atomic E-state index is 0.0338. The van der Waals surface area contributed by atoms with Gasteiger partial charge in [-0.05, 0) is 13.0 Å². The topological polar surface area (TPSA) is 55.9 Å². The van der Waals surface area contributed by atoms with Crippen LogP contribution in [0.4, 0.5) is 0 Å². The molecule has 2 aliphatic rings. The van der Waals surface area contributed by atoms with Crippen molar-refractivity contribution in [3.05, 3.63) is 0 Å². The maximum atomic E-state index is 12.5. The van der Waals surface area contributed by atoms with E-state index in [-0.39, 0.29) is 17.7 Å². The third kappa shape index (κ3) is 4.68. The lowest BCUT2D eigenvalue weighted by molar-refractivity contribution is -0.136. The molecule has 1 unspecified atom stereocenters. The van der Waals surface area contributed by atoms with Crippen LogP contribution in [0.15, 0.2) is 0 Å². The Morgan fingerprint density at radius 2 is 1.73 bits per heavy atom. The fraction of sp³-hybridized carbons (Fsp3) is 0.875. The minimum Gasteiger partial charge on any atom is -0.341 e. The number of hydrogen-bond acceptors (Lipinski definition) is 4. The largest absolute Gasteiger partial charge is 0.341 e. The molecule has 2 rings (SSSR count). The Morgan fingerprint density at radius 1 is 1.00 bits per heavy atom. The molecule has 0 aromatic rings. The molecule has 1 N–H and O–H groups in total. The summed E-state index contributed by atoms with van der Waals surface area (Å²) in [5, 5.41) is 3.28. The van der Waals surface area contributed by atoms with E-state index in [4.69, 9.17) is 0 Å². The standard InChI is InChI=1S/C16H30N4O2/c1-3-15(21)19-8-4-7-18(11-12-19)13-14(2)16(22)20-9-5-17-6-10-20/h14,17H,3-13H2,1-2H3. The third-order valence-electron chi connectivity index (χ3n) is 4.63. The first-order valence-corrected chi connectivity index (χ1v) is 8.61. The third-order valence-corrected chi connectivity index (χ3v) is 4.63. The summed E-state index contributed by atoms with van der Waals surface area (Å²) < 4.78 is 0. The number of amides is 2. The van der Waals surface area contributed by atoms with Crippen molar-refractivity contribution in [2.75, 3.05) is 58.9 Å². The highest BCUT2D eigenvalue weighted by Crippen LogP contribution is 2.10. The van der Waals surface area contributed by atoms with Crippen molar-refractivity contribution in [3.63, 3.8) is 0 Å². The predicted octanol–water partition coefficient (Wildman–Crippen LogP) is -0.00140. The van der Waals surface area contributed by atoms with Gasteiger partial charge in [0.1, 0.15) is 0 Å². The molecule has 22 heavy (non-hydrogen) atoms. The van der Waals surface area contributed by atoms with Gasteiger partial charge < -0.3 is 20.0 Å². The van der Waals surface area contributed by atoms with Gasteiger partial charge in [0, 0.05) is 64.7 Å². The van der Waals surface area contributed by atoms with E-state index in [0.29, 0.717) is 6.42 Å². The van der Waals surface area contributed by atoms with E-state index < -0.39 is 0 Å². The summed E-state index contributed by atoms with van der Waals surface area (Å²) in [4.78, 5) is 30.6. The molecule has 0 aliphatic carbocycles. The first-order valence-electron chi connectivity index (χ1n) is 8.61. The van der Waals surface area contributed by atoms with Gasteiger partial charge in [-0.1, -0.05) is 13.8 Å². The fourth-order valence-corrected chi connectivity index (χ4v) is 3.29. The molecule has 2 fully saturated rings. The van der Waals surface area contributed by atoms with Crippen molar-refractivity contribution in [3.8, 4) is 0 Å². The number of nitrogens with zero attached hydrogens (tertiary/aromatic N) is 3. The zero-order valence-corrected chi connectivity index (χ0v) is 14.0. The number of nitrogens with one attached hydrogen (secondary N) is 1. The van der Waals surface area contributed by atoms with Gasteiger partial charge in [-0.25, -0.2) is 0 Å². The van der Waals surface area contributed by atoms with Crippen LogP contribution < -0.4 is 5.32 Å². The van der Waals surface area contributed by atoms with Gasteiger partial charge >= 0.3 is 0 Å². The Balaban J connectivity index is 1.79. The molecule has 6 heteroatoms. The zero-order valence-electron chi connectivity index (χ0n) is 14.0. The average molecular weight is 310 g/mol. The quantitative estimate of drug-likeness (QED) is 0.794. The highest BCUT2D eigenvalue weighted by Gasteiger charge is 2.25. The molecule has 0 aromatic heterocycles. The van der Waals surface area contributed by atoms with E-state index in [0.717, 1.165) is 65.3 Å². The number of hydrogen-bond donors (Lipinski definition) is 1. The second-order valence-electron chi connectivity index (χ2n) is 6.36. The molecule has 2 saturated heterocycles. The lowest BCUT2D eigenvalue weighted by atomic mass is 10.1. The molecule has 1 atom stereocenters. The van der Waals surface area contributed by atoms with Gasteiger partial charge in [0.2, 0.25) is 11.8 Å². The Kier molecular flexibility index (Phi) is 6.64. The predicted molar refractivity (Wildman–Crippen MR) is 86.5 cm³/mol. The van der Waals surface area contributed by atoms with E-state index >= 15 is 0 Å². The molecule has 2 amide bonds. The number of rotatable bonds is 4. The van der Waals surface area contributed by atoms with Crippen LogP contribution in [0.1, 0.15) is 26.7 Å². The van der Waals surface area contributed by atoms with E-state index in [2.05, 4.69) is 10.2 Å². The molecule has 0 saturated carbocycles. The van der Waals surface area contributed by atoms with Crippen LogP contribution in [0.3, 0.4) is 0 Å². The van der Waals surface area contributed by atoms with Crippen LogP contribution in [0.25, 0.3) is 0 Å². The molecule has 2 aliphatic heterocycles. The summed E-state index contributed by atoms with van der Waals surface area (Å²) in [7, 11) is 0. The van der Waals surface area contributed by atoms with Crippen molar-refractivity contribution in [2.24, 2.45) is 5.92 Å². The second-order valence-corrected chi connectivity index (χ2v) is 6.36. The Hall–Kier alpha value is -1.14. The van der Waals surface area contributed by atoms with Gasteiger partial charge in [0.15, 0.2) is 0 Å². The lowest BCUT2D eigenvalue weighted by Crippen LogP contribution is -2.49. The van der Waals surface area contributed by atoms with Crippen molar-refractivity contribution < 1.29 is 9.59 Å². The smallest absolute Gasteiger partial charge is 0.226 e. The van der Waals surface area contributed by atoms with Crippen molar-refractivity contribution in [2.45, 2.75) is 26.7 Å². The molecule has 0 bridgehead atoms. The normalized spacial score (nSPS) is 22.3. The summed E-state index contributed by atoms with van der Waals surface area (Å²) in [6.45, 7) is 11.7. The summed E-state index contributed by atoms with van der Waals surface area (Å²) in [6, 6.07) is 0. The molecule has 0 aromatic carbocycles. The zero-order chi connectivity index (χ0) is 15.9. The molecule has 6 nitrogen and oxygen atoms in total. The summed E-state index contributed by atoms with van der Waals surface area (Å²) in [6.07, 6.45) is 1.58. The van der Waals surface area contributed by atoms with E-state index in [1.807, 2.05) is 23.6 Å². The van der Waals surface area contributed by atoms with Crippen LogP contribution in [0.2, 0.25) is 0 Å². The SMILES string of the molecule is CCC(=O)N1CCCN(CC(C)C(=O)N2CCNCC2)CC1. The maximum Gasteiger partial charge on any atom is 0.226 e.